The number of nitrogens with zero attached hydrogens (tertiary/aromatic N) is 3. The molecule has 5 nitrogen and oxygen atoms in total. The van der Waals surface area contributed by atoms with E-state index in [9.17, 15) is 0 Å². The van der Waals surface area contributed by atoms with E-state index in [-0.39, 0.29) is 0 Å². The molecule has 1 aromatic heterocycles. The molecule has 0 spiro atoms. The predicted octanol–water partition coefficient (Wildman–Crippen LogP) is 2.33. The SMILES string of the molecule is CCCNc1ncnc(N2CCC(COC)C2)c1CC. The summed E-state index contributed by atoms with van der Waals surface area (Å²) in [5, 5.41) is 3.41. The zero-order valence-corrected chi connectivity index (χ0v) is 12.9. The highest BCUT2D eigenvalue weighted by Gasteiger charge is 2.25. The van der Waals surface area contributed by atoms with E-state index in [0.29, 0.717) is 5.92 Å². The molecule has 1 aliphatic heterocycles. The van der Waals surface area contributed by atoms with Crippen LogP contribution in [0.2, 0.25) is 0 Å². The average Bonchev–Trinajstić information content (AvgIpc) is 2.93. The Balaban J connectivity index is 2.15. The molecule has 5 heteroatoms. The molecule has 1 saturated heterocycles. The number of ether oxygens (including phenoxy) is 1. The molecule has 0 aromatic carbocycles. The molecule has 2 rings (SSSR count). The Morgan fingerprint density at radius 2 is 2.25 bits per heavy atom. The number of aromatic nitrogens is 2. The van der Waals surface area contributed by atoms with Gasteiger partial charge in [0.2, 0.25) is 0 Å². The molecule has 1 aromatic rings. The van der Waals surface area contributed by atoms with Crippen LogP contribution in [0, 0.1) is 5.92 Å². The molecule has 0 amide bonds. The molecular formula is C15H26N4O. The number of hydrogen-bond donors (Lipinski definition) is 1. The monoisotopic (exact) mass is 278 g/mol. The zero-order chi connectivity index (χ0) is 14.4. The molecule has 2 heterocycles. The number of nitrogens with one attached hydrogen (secondary N) is 1. The van der Waals surface area contributed by atoms with Crippen LogP contribution in [0.3, 0.4) is 0 Å². The smallest absolute Gasteiger partial charge is 0.137 e. The van der Waals surface area contributed by atoms with Crippen molar-refractivity contribution >= 4 is 11.6 Å². The summed E-state index contributed by atoms with van der Waals surface area (Å²) in [7, 11) is 1.78. The summed E-state index contributed by atoms with van der Waals surface area (Å²) in [5.41, 5.74) is 1.24. The van der Waals surface area contributed by atoms with Crippen molar-refractivity contribution in [1.29, 1.82) is 0 Å². The first-order chi connectivity index (χ1) is 9.80. The Hall–Kier alpha value is -1.36. The molecule has 0 saturated carbocycles. The van der Waals surface area contributed by atoms with Crippen LogP contribution >= 0.6 is 0 Å². The fourth-order valence-electron chi connectivity index (χ4n) is 2.79. The largest absolute Gasteiger partial charge is 0.384 e. The van der Waals surface area contributed by atoms with Crippen LogP contribution < -0.4 is 10.2 Å². The first-order valence-electron chi connectivity index (χ1n) is 7.61. The van der Waals surface area contributed by atoms with Gasteiger partial charge < -0.3 is 15.0 Å². The summed E-state index contributed by atoms with van der Waals surface area (Å²) in [4.78, 5) is 11.3. The van der Waals surface area contributed by atoms with Gasteiger partial charge in [-0.2, -0.15) is 0 Å². The summed E-state index contributed by atoms with van der Waals surface area (Å²) in [5.74, 6) is 2.71. The Labute approximate surface area is 121 Å². The van der Waals surface area contributed by atoms with Crippen molar-refractivity contribution in [1.82, 2.24) is 9.97 Å². The molecule has 1 atom stereocenters. The van der Waals surface area contributed by atoms with Crippen molar-refractivity contribution in [3.63, 3.8) is 0 Å². The summed E-state index contributed by atoms with van der Waals surface area (Å²) >= 11 is 0. The molecule has 20 heavy (non-hydrogen) atoms. The van der Waals surface area contributed by atoms with E-state index < -0.39 is 0 Å². The van der Waals surface area contributed by atoms with Gasteiger partial charge in [-0.1, -0.05) is 13.8 Å². The normalized spacial score (nSPS) is 18.6. The van der Waals surface area contributed by atoms with Gasteiger partial charge in [-0.25, -0.2) is 9.97 Å². The highest BCUT2D eigenvalue weighted by molar-refractivity contribution is 5.59. The van der Waals surface area contributed by atoms with Crippen molar-refractivity contribution in [3.8, 4) is 0 Å². The highest BCUT2D eigenvalue weighted by Crippen LogP contribution is 2.28. The highest BCUT2D eigenvalue weighted by atomic mass is 16.5. The van der Waals surface area contributed by atoms with Crippen molar-refractivity contribution in [2.45, 2.75) is 33.1 Å². The van der Waals surface area contributed by atoms with Crippen LogP contribution in [-0.2, 0) is 11.2 Å². The molecule has 1 N–H and O–H groups in total. The molecule has 1 aliphatic rings. The van der Waals surface area contributed by atoms with Crippen molar-refractivity contribution in [2.75, 3.05) is 43.6 Å². The van der Waals surface area contributed by atoms with Crippen molar-refractivity contribution < 1.29 is 4.74 Å². The third-order valence-corrected chi connectivity index (χ3v) is 3.81. The van der Waals surface area contributed by atoms with Gasteiger partial charge in [-0.05, 0) is 19.3 Å². The maximum absolute atomic E-state index is 5.27. The maximum Gasteiger partial charge on any atom is 0.137 e. The van der Waals surface area contributed by atoms with E-state index in [1.54, 1.807) is 13.4 Å². The van der Waals surface area contributed by atoms with Gasteiger partial charge in [-0.3, -0.25) is 0 Å². The van der Waals surface area contributed by atoms with Crippen LogP contribution in [0.4, 0.5) is 11.6 Å². The van der Waals surface area contributed by atoms with Crippen LogP contribution in [0.5, 0.6) is 0 Å². The van der Waals surface area contributed by atoms with Gasteiger partial charge in [0, 0.05) is 38.2 Å². The average molecular weight is 278 g/mol. The quantitative estimate of drug-likeness (QED) is 0.829. The molecular weight excluding hydrogens is 252 g/mol. The number of rotatable bonds is 7. The van der Waals surface area contributed by atoms with Crippen LogP contribution in [0.25, 0.3) is 0 Å². The lowest BCUT2D eigenvalue weighted by molar-refractivity contribution is 0.161. The first-order valence-corrected chi connectivity index (χ1v) is 7.61. The Morgan fingerprint density at radius 3 is 2.95 bits per heavy atom. The lowest BCUT2D eigenvalue weighted by atomic mass is 10.1. The maximum atomic E-state index is 5.27. The van der Waals surface area contributed by atoms with Gasteiger partial charge in [0.05, 0.1) is 6.61 Å². The van der Waals surface area contributed by atoms with E-state index >= 15 is 0 Å². The predicted molar refractivity (Wildman–Crippen MR) is 82.4 cm³/mol. The van der Waals surface area contributed by atoms with Crippen LogP contribution in [0.1, 0.15) is 32.3 Å². The van der Waals surface area contributed by atoms with E-state index in [4.69, 9.17) is 4.74 Å². The third kappa shape index (κ3) is 3.39. The van der Waals surface area contributed by atoms with Crippen molar-refractivity contribution in [2.24, 2.45) is 5.92 Å². The first kappa shape index (κ1) is 15.0. The zero-order valence-electron chi connectivity index (χ0n) is 12.9. The lowest BCUT2D eigenvalue weighted by Crippen LogP contribution is -2.24. The molecule has 0 radical (unpaired) electrons. The topological polar surface area (TPSA) is 50.3 Å². The number of anilines is 2. The molecule has 1 unspecified atom stereocenters. The van der Waals surface area contributed by atoms with Crippen LogP contribution in [0.15, 0.2) is 6.33 Å². The second kappa shape index (κ2) is 7.43. The molecule has 0 bridgehead atoms. The van der Waals surface area contributed by atoms with Gasteiger partial charge in [-0.15, -0.1) is 0 Å². The lowest BCUT2D eigenvalue weighted by Gasteiger charge is -2.22. The standard InChI is InChI=1S/C15H26N4O/c1-4-7-16-14-13(5-2)15(18-11-17-14)19-8-6-12(9-19)10-20-3/h11-12H,4-10H2,1-3H3,(H,16,17,18). The molecule has 112 valence electrons. The second-order valence-corrected chi connectivity index (χ2v) is 5.36. The van der Waals surface area contributed by atoms with E-state index in [1.807, 2.05) is 0 Å². The van der Waals surface area contributed by atoms with Gasteiger partial charge in [0.15, 0.2) is 0 Å². The Kier molecular flexibility index (Phi) is 5.59. The number of methoxy groups -OCH3 is 1. The minimum atomic E-state index is 0.617. The number of hydrogen-bond acceptors (Lipinski definition) is 5. The molecule has 1 fully saturated rings. The minimum absolute atomic E-state index is 0.617. The van der Waals surface area contributed by atoms with E-state index in [2.05, 4.69) is 34.0 Å². The Bertz CT molecular complexity index is 424. The summed E-state index contributed by atoms with van der Waals surface area (Å²) in [6, 6.07) is 0. The van der Waals surface area contributed by atoms with Crippen molar-refractivity contribution in [3.05, 3.63) is 11.9 Å². The fraction of sp³-hybridized carbons (Fsp3) is 0.733. The van der Waals surface area contributed by atoms with Gasteiger partial charge >= 0.3 is 0 Å². The summed E-state index contributed by atoms with van der Waals surface area (Å²) < 4.78 is 5.27. The summed E-state index contributed by atoms with van der Waals surface area (Å²) in [6.07, 6.45) is 4.91. The van der Waals surface area contributed by atoms with E-state index in [1.165, 1.54) is 12.0 Å². The third-order valence-electron chi connectivity index (χ3n) is 3.81. The van der Waals surface area contributed by atoms with Gasteiger partial charge in [0.1, 0.15) is 18.0 Å². The van der Waals surface area contributed by atoms with Gasteiger partial charge in [0.25, 0.3) is 0 Å². The fourth-order valence-corrected chi connectivity index (χ4v) is 2.79. The minimum Gasteiger partial charge on any atom is -0.384 e. The second-order valence-electron chi connectivity index (χ2n) is 5.36. The summed E-state index contributed by atoms with van der Waals surface area (Å²) in [6.45, 7) is 8.22. The molecule has 0 aliphatic carbocycles. The van der Waals surface area contributed by atoms with E-state index in [0.717, 1.165) is 50.7 Å². The van der Waals surface area contributed by atoms with Crippen LogP contribution in [-0.4, -0.2) is 43.3 Å². The Morgan fingerprint density at radius 1 is 1.40 bits per heavy atom.